The molecule has 11 aromatic carbocycles. The van der Waals surface area contributed by atoms with Gasteiger partial charge in [-0.25, -0.2) is 9.97 Å². The monoisotopic (exact) mass is 894 g/mol. The van der Waals surface area contributed by atoms with E-state index >= 15 is 0 Å². The smallest absolute Gasteiger partial charge is 0.235 e. The van der Waals surface area contributed by atoms with Gasteiger partial charge in [-0.05, 0) is 76.2 Å². The zero-order valence-corrected chi connectivity index (χ0v) is 38.0. The summed E-state index contributed by atoms with van der Waals surface area (Å²) >= 11 is 1.90. The standard InChI is InChI=1S/C64H38N4S/c1-4-16-39(17-5-1)41-28-30-43(31-29-41)60-50-34-32-42-20-10-11-23-46(42)61(50)66-64(65-60)68-55-35-33-44(40-18-6-2-7-19-40)36-52(55)58-59-53-37-51-47-24-14-15-27-54(47)67(45-21-8-3-9-22-45)56(51)38-57(53)69-63(59)49-26-13-12-25-48(49)62(58)68/h1-38H. The molecule has 0 aliphatic heterocycles. The van der Waals surface area contributed by atoms with Crippen LogP contribution in [0.1, 0.15) is 0 Å². The highest BCUT2D eigenvalue weighted by molar-refractivity contribution is 7.27. The molecule has 15 aromatic rings. The van der Waals surface area contributed by atoms with Gasteiger partial charge in [-0.2, -0.15) is 0 Å². The fourth-order valence-electron chi connectivity index (χ4n) is 11.2. The fourth-order valence-corrected chi connectivity index (χ4v) is 12.4. The number of fused-ring (bicyclic) bond motifs is 16. The van der Waals surface area contributed by atoms with Crippen LogP contribution in [0.2, 0.25) is 0 Å². The lowest BCUT2D eigenvalue weighted by Gasteiger charge is -2.14. The van der Waals surface area contributed by atoms with Crippen molar-refractivity contribution in [2.24, 2.45) is 0 Å². The fraction of sp³-hybridized carbons (Fsp3) is 0. The molecule has 15 rings (SSSR count). The third kappa shape index (κ3) is 5.69. The van der Waals surface area contributed by atoms with Crippen LogP contribution < -0.4 is 0 Å². The molecular weight excluding hydrogens is 857 g/mol. The summed E-state index contributed by atoms with van der Waals surface area (Å²) in [7, 11) is 0. The Bertz CT molecular complexity index is 4570. The normalized spacial score (nSPS) is 12.1. The highest BCUT2D eigenvalue weighted by atomic mass is 32.1. The van der Waals surface area contributed by atoms with Crippen LogP contribution in [0.15, 0.2) is 231 Å². The van der Waals surface area contributed by atoms with Gasteiger partial charge in [-0.1, -0.05) is 182 Å². The van der Waals surface area contributed by atoms with Gasteiger partial charge in [0.05, 0.1) is 33.3 Å². The van der Waals surface area contributed by atoms with Crippen LogP contribution in [0.5, 0.6) is 0 Å². The van der Waals surface area contributed by atoms with E-state index in [1.54, 1.807) is 0 Å². The number of benzene rings is 11. The zero-order chi connectivity index (χ0) is 45.2. The summed E-state index contributed by atoms with van der Waals surface area (Å²) in [4.78, 5) is 11.4. The van der Waals surface area contributed by atoms with E-state index in [4.69, 9.17) is 9.97 Å². The van der Waals surface area contributed by atoms with E-state index in [-0.39, 0.29) is 0 Å². The SMILES string of the molecule is c1ccc(-c2ccc(-c3nc(-n4c5ccc(-c6ccccc6)cc5c5c6c7cc8c9ccccc9n(-c9ccccc9)c8cc7sc6c6ccccc6c54)nc4c3ccc3ccccc34)cc2)cc1. The average molecular weight is 895 g/mol. The summed E-state index contributed by atoms with van der Waals surface area (Å²) < 4.78 is 7.33. The maximum atomic E-state index is 5.70. The van der Waals surface area contributed by atoms with Crippen LogP contribution in [0.4, 0.5) is 0 Å². The van der Waals surface area contributed by atoms with E-state index in [9.17, 15) is 0 Å². The molecule has 0 aliphatic carbocycles. The van der Waals surface area contributed by atoms with Crippen molar-refractivity contribution in [2.75, 3.05) is 0 Å². The largest absolute Gasteiger partial charge is 0.309 e. The van der Waals surface area contributed by atoms with Gasteiger partial charge < -0.3 is 4.57 Å². The van der Waals surface area contributed by atoms with Crippen LogP contribution in [0.3, 0.4) is 0 Å². The maximum absolute atomic E-state index is 5.70. The molecule has 0 spiro atoms. The number of para-hydroxylation sites is 2. The summed E-state index contributed by atoms with van der Waals surface area (Å²) in [5.74, 6) is 0.644. The van der Waals surface area contributed by atoms with Crippen molar-refractivity contribution >= 4 is 108 Å². The molecule has 0 N–H and O–H groups in total. The first-order chi connectivity index (χ1) is 34.2. The Balaban J connectivity index is 1.10. The van der Waals surface area contributed by atoms with Gasteiger partial charge in [-0.3, -0.25) is 4.57 Å². The number of hydrogen-bond acceptors (Lipinski definition) is 3. The lowest BCUT2D eigenvalue weighted by Crippen LogP contribution is -2.04. The van der Waals surface area contributed by atoms with Crippen molar-refractivity contribution in [2.45, 2.75) is 0 Å². The second kappa shape index (κ2) is 14.8. The van der Waals surface area contributed by atoms with Crippen LogP contribution in [-0.4, -0.2) is 19.1 Å². The van der Waals surface area contributed by atoms with E-state index in [2.05, 4.69) is 240 Å². The summed E-state index contributed by atoms with van der Waals surface area (Å²) in [5, 5.41) is 13.0. The molecule has 4 heterocycles. The van der Waals surface area contributed by atoms with Crippen LogP contribution in [-0.2, 0) is 0 Å². The van der Waals surface area contributed by atoms with Gasteiger partial charge in [-0.15, -0.1) is 11.3 Å². The topological polar surface area (TPSA) is 35.6 Å². The third-order valence-corrected chi connectivity index (χ3v) is 15.5. The molecule has 0 aliphatic rings. The highest BCUT2D eigenvalue weighted by Gasteiger charge is 2.26. The van der Waals surface area contributed by atoms with E-state index in [1.807, 2.05) is 11.3 Å². The molecule has 0 unspecified atom stereocenters. The van der Waals surface area contributed by atoms with Crippen LogP contribution in [0, 0.1) is 0 Å². The number of rotatable bonds is 5. The van der Waals surface area contributed by atoms with Crippen LogP contribution in [0.25, 0.3) is 141 Å². The molecule has 0 atom stereocenters. The van der Waals surface area contributed by atoms with Gasteiger partial charge >= 0.3 is 0 Å². The van der Waals surface area contributed by atoms with Crippen molar-refractivity contribution in [1.82, 2.24) is 19.1 Å². The lowest BCUT2D eigenvalue weighted by atomic mass is 9.97. The van der Waals surface area contributed by atoms with E-state index in [0.717, 1.165) is 49.7 Å². The molecule has 320 valence electrons. The molecule has 69 heavy (non-hydrogen) atoms. The first kappa shape index (κ1) is 38.2. The Morgan fingerprint density at radius 3 is 1.72 bits per heavy atom. The number of aromatic nitrogens is 4. The number of hydrogen-bond donors (Lipinski definition) is 0. The predicted molar refractivity (Wildman–Crippen MR) is 292 cm³/mol. The van der Waals surface area contributed by atoms with E-state index in [1.165, 1.54) is 85.8 Å². The summed E-state index contributed by atoms with van der Waals surface area (Å²) in [6.07, 6.45) is 0. The molecule has 0 fully saturated rings. The molecule has 0 radical (unpaired) electrons. The lowest BCUT2D eigenvalue weighted by molar-refractivity contribution is 1.02. The van der Waals surface area contributed by atoms with Gasteiger partial charge in [0.15, 0.2) is 0 Å². The average Bonchev–Trinajstić information content (AvgIpc) is 4.08. The van der Waals surface area contributed by atoms with Gasteiger partial charge in [0.25, 0.3) is 0 Å². The molecule has 4 aromatic heterocycles. The van der Waals surface area contributed by atoms with Crippen LogP contribution >= 0.6 is 11.3 Å². The second-order valence-corrected chi connectivity index (χ2v) is 19.1. The summed E-state index contributed by atoms with van der Waals surface area (Å²) in [5.41, 5.74) is 13.3. The minimum absolute atomic E-state index is 0.644. The Labute approximate surface area is 400 Å². The van der Waals surface area contributed by atoms with Gasteiger partial charge in [0.1, 0.15) is 0 Å². The highest BCUT2D eigenvalue weighted by Crippen LogP contribution is 2.50. The minimum atomic E-state index is 0.644. The number of nitrogens with zero attached hydrogens (tertiary/aromatic N) is 4. The maximum Gasteiger partial charge on any atom is 0.235 e. The molecular formula is C64H38N4S. The molecule has 0 bridgehead atoms. The Kier molecular flexibility index (Phi) is 8.20. The number of thiophene rings is 1. The quantitative estimate of drug-likeness (QED) is 0.161. The molecule has 5 heteroatoms. The first-order valence-electron chi connectivity index (χ1n) is 23.5. The van der Waals surface area contributed by atoms with E-state index < -0.39 is 0 Å². The van der Waals surface area contributed by atoms with Gasteiger partial charge in [0.2, 0.25) is 5.95 Å². The Hall–Kier alpha value is -8.90. The predicted octanol–water partition coefficient (Wildman–Crippen LogP) is 17.5. The molecule has 0 saturated heterocycles. The summed E-state index contributed by atoms with van der Waals surface area (Å²) in [6.45, 7) is 0. The molecule has 0 amide bonds. The first-order valence-corrected chi connectivity index (χ1v) is 24.3. The van der Waals surface area contributed by atoms with Crippen molar-refractivity contribution in [3.8, 4) is 45.1 Å². The summed E-state index contributed by atoms with van der Waals surface area (Å²) in [6, 6.07) is 83.6. The Morgan fingerprint density at radius 2 is 0.942 bits per heavy atom. The molecule has 4 nitrogen and oxygen atoms in total. The van der Waals surface area contributed by atoms with E-state index in [0.29, 0.717) is 5.95 Å². The minimum Gasteiger partial charge on any atom is -0.309 e. The second-order valence-electron chi connectivity index (χ2n) is 18.1. The van der Waals surface area contributed by atoms with Crippen molar-refractivity contribution < 1.29 is 0 Å². The molecule has 0 saturated carbocycles. The van der Waals surface area contributed by atoms with Crippen molar-refractivity contribution in [3.63, 3.8) is 0 Å². The zero-order valence-electron chi connectivity index (χ0n) is 37.1. The van der Waals surface area contributed by atoms with Crippen molar-refractivity contribution in [1.29, 1.82) is 0 Å². The third-order valence-electron chi connectivity index (χ3n) is 14.3. The van der Waals surface area contributed by atoms with Gasteiger partial charge in [0, 0.05) is 74.5 Å². The van der Waals surface area contributed by atoms with Crippen molar-refractivity contribution in [3.05, 3.63) is 231 Å². The Morgan fingerprint density at radius 1 is 0.333 bits per heavy atom.